The average Bonchev–Trinajstić information content (AvgIpc) is 3.22. The van der Waals surface area contributed by atoms with Crippen LogP contribution in [0.15, 0.2) is 41.3 Å². The number of halogens is 4. The van der Waals surface area contributed by atoms with Crippen molar-refractivity contribution in [3.8, 4) is 5.82 Å². The van der Waals surface area contributed by atoms with Crippen LogP contribution in [-0.2, 0) is 15.9 Å². The lowest BCUT2D eigenvalue weighted by Gasteiger charge is -2.15. The highest BCUT2D eigenvalue weighted by Gasteiger charge is 2.32. The summed E-state index contributed by atoms with van der Waals surface area (Å²) < 4.78 is 56.8. The van der Waals surface area contributed by atoms with Gasteiger partial charge in [-0.3, -0.25) is 4.79 Å². The van der Waals surface area contributed by atoms with Crippen LogP contribution >= 0.6 is 11.6 Å². The topological polar surface area (TPSA) is 115 Å². The van der Waals surface area contributed by atoms with E-state index >= 15 is 0 Å². The Labute approximate surface area is 192 Å². The number of carbonyl (C=O) groups excluding carboxylic acids is 1. The van der Waals surface area contributed by atoms with Gasteiger partial charge in [-0.25, -0.2) is 19.2 Å². The summed E-state index contributed by atoms with van der Waals surface area (Å²) >= 11 is 5.76. The Kier molecular flexibility index (Phi) is 7.03. The Bertz CT molecular complexity index is 1300. The maximum Gasteiger partial charge on any atom is 0.416 e. The van der Waals surface area contributed by atoms with E-state index in [4.69, 9.17) is 11.6 Å². The summed E-state index contributed by atoms with van der Waals surface area (Å²) in [7, 11) is -2.46. The third-order valence-electron chi connectivity index (χ3n) is 4.47. The predicted octanol–water partition coefficient (Wildman–Crippen LogP) is 3.97. The minimum Gasteiger partial charge on any atom is -0.342 e. The molecule has 1 unspecified atom stereocenters. The first kappa shape index (κ1) is 24.6. The van der Waals surface area contributed by atoms with Gasteiger partial charge in [-0.1, -0.05) is 18.5 Å². The zero-order valence-corrected chi connectivity index (χ0v) is 19.2. The molecule has 0 saturated carbocycles. The lowest BCUT2D eigenvalue weighted by Crippen LogP contribution is -2.29. The van der Waals surface area contributed by atoms with E-state index in [1.54, 1.807) is 13.8 Å². The molecule has 0 bridgehead atoms. The molecular formula is C19H19ClF3N7O2S. The van der Waals surface area contributed by atoms with E-state index in [1.807, 2.05) is 0 Å². The van der Waals surface area contributed by atoms with Crippen LogP contribution in [0, 0.1) is 0 Å². The van der Waals surface area contributed by atoms with Gasteiger partial charge in [0.2, 0.25) is 0 Å². The number of amides is 1. The number of aromatic nitrogens is 5. The minimum absolute atomic E-state index is 0.186. The number of carbonyl (C=O) groups is 1. The number of rotatable bonds is 6. The van der Waals surface area contributed by atoms with E-state index in [2.05, 4.69) is 29.7 Å². The molecule has 3 aromatic rings. The Morgan fingerprint density at radius 1 is 1.21 bits per heavy atom. The van der Waals surface area contributed by atoms with Crippen molar-refractivity contribution in [2.75, 3.05) is 12.0 Å². The molecule has 2 aromatic heterocycles. The summed E-state index contributed by atoms with van der Waals surface area (Å²) in [6, 6.07) is 3.28. The molecule has 1 N–H and O–H groups in total. The van der Waals surface area contributed by atoms with Crippen molar-refractivity contribution in [3.63, 3.8) is 0 Å². The van der Waals surface area contributed by atoms with Crippen LogP contribution in [0.2, 0.25) is 5.02 Å². The maximum absolute atomic E-state index is 13.0. The molecule has 3 rings (SSSR count). The molecule has 0 spiro atoms. The molecule has 9 nitrogen and oxygen atoms in total. The fraction of sp³-hybridized carbons (Fsp3) is 0.316. The minimum atomic E-state index is -4.65. The molecule has 1 aromatic carbocycles. The largest absolute Gasteiger partial charge is 0.416 e. The molecule has 14 heteroatoms. The Hall–Kier alpha value is -3.06. The first-order chi connectivity index (χ1) is 15.4. The number of alkyl halides is 3. The molecule has 33 heavy (non-hydrogen) atoms. The molecule has 1 amide bonds. The van der Waals surface area contributed by atoms with Crippen molar-refractivity contribution in [1.29, 1.82) is 0 Å². The van der Waals surface area contributed by atoms with Crippen molar-refractivity contribution in [2.24, 2.45) is 4.36 Å². The number of hydrogen-bond acceptors (Lipinski definition) is 7. The highest BCUT2D eigenvalue weighted by Crippen LogP contribution is 2.32. The van der Waals surface area contributed by atoms with Gasteiger partial charge in [0, 0.05) is 28.7 Å². The number of benzene rings is 1. The van der Waals surface area contributed by atoms with Crippen molar-refractivity contribution in [2.45, 2.75) is 26.1 Å². The zero-order chi connectivity index (χ0) is 24.4. The first-order valence-electron chi connectivity index (χ1n) is 9.50. The van der Waals surface area contributed by atoms with Crippen molar-refractivity contribution < 1.29 is 22.2 Å². The second-order valence-electron chi connectivity index (χ2n) is 7.03. The van der Waals surface area contributed by atoms with Gasteiger partial charge < -0.3 is 5.32 Å². The molecule has 0 fully saturated rings. The van der Waals surface area contributed by atoms with Gasteiger partial charge in [0.15, 0.2) is 17.5 Å². The summed E-state index contributed by atoms with van der Waals surface area (Å²) in [5, 5.41) is 6.44. The molecule has 0 aliphatic carbocycles. The fourth-order valence-electron chi connectivity index (χ4n) is 2.72. The van der Waals surface area contributed by atoms with Crippen molar-refractivity contribution >= 4 is 33.1 Å². The fourth-order valence-corrected chi connectivity index (χ4v) is 3.58. The maximum atomic E-state index is 13.0. The van der Waals surface area contributed by atoms with Crippen LogP contribution < -0.4 is 5.32 Å². The lowest BCUT2D eigenvalue weighted by molar-refractivity contribution is -0.137. The quantitative estimate of drug-likeness (QED) is 0.546. The van der Waals surface area contributed by atoms with E-state index in [0.29, 0.717) is 11.8 Å². The van der Waals surface area contributed by atoms with Gasteiger partial charge in [-0.2, -0.15) is 27.3 Å². The highest BCUT2D eigenvalue weighted by molar-refractivity contribution is 7.93. The molecule has 2 heterocycles. The summed E-state index contributed by atoms with van der Waals surface area (Å²) in [6.07, 6.45) is -0.694. The molecule has 0 aliphatic rings. The Morgan fingerprint density at radius 3 is 2.61 bits per heavy atom. The third-order valence-corrected chi connectivity index (χ3v) is 6.34. The second-order valence-corrected chi connectivity index (χ2v) is 10.1. The number of nitrogens with one attached hydrogen (secondary N) is 1. The van der Waals surface area contributed by atoms with E-state index in [1.165, 1.54) is 29.7 Å². The highest BCUT2D eigenvalue weighted by atomic mass is 35.5. The summed E-state index contributed by atoms with van der Waals surface area (Å²) in [5.41, 5.74) is -1.29. The average molecular weight is 502 g/mol. The van der Waals surface area contributed by atoms with Crippen LogP contribution in [0.4, 0.5) is 19.0 Å². The summed E-state index contributed by atoms with van der Waals surface area (Å²) in [6.45, 7) is 3.32. The van der Waals surface area contributed by atoms with Gasteiger partial charge in [-0.05, 0) is 25.1 Å². The van der Waals surface area contributed by atoms with Crippen LogP contribution in [0.5, 0.6) is 0 Å². The molecule has 2 atom stereocenters. The van der Waals surface area contributed by atoms with Crippen LogP contribution in [0.25, 0.3) is 5.82 Å². The molecule has 0 radical (unpaired) electrons. The monoisotopic (exact) mass is 501 g/mol. The molecule has 0 saturated heterocycles. The van der Waals surface area contributed by atoms with Crippen LogP contribution in [0.1, 0.15) is 41.6 Å². The van der Waals surface area contributed by atoms with Crippen LogP contribution in [0.3, 0.4) is 0 Å². The summed E-state index contributed by atoms with van der Waals surface area (Å²) in [5.74, 6) is 0.247. The normalized spacial score (nSPS) is 14.4. The Balaban J connectivity index is 1.88. The van der Waals surface area contributed by atoms with Gasteiger partial charge in [0.25, 0.3) is 5.91 Å². The lowest BCUT2D eigenvalue weighted by atomic mass is 10.1. The van der Waals surface area contributed by atoms with E-state index in [0.717, 1.165) is 12.1 Å². The molecule has 176 valence electrons. The van der Waals surface area contributed by atoms with Crippen LogP contribution in [-0.4, -0.2) is 46.9 Å². The first-order valence-corrected chi connectivity index (χ1v) is 12.0. The van der Waals surface area contributed by atoms with Gasteiger partial charge in [0.05, 0.1) is 21.3 Å². The number of hydrogen-bond donors (Lipinski definition) is 1. The van der Waals surface area contributed by atoms with Gasteiger partial charge >= 0.3 is 6.18 Å². The van der Waals surface area contributed by atoms with E-state index in [-0.39, 0.29) is 28.0 Å². The van der Waals surface area contributed by atoms with E-state index in [9.17, 15) is 22.2 Å². The third kappa shape index (κ3) is 6.05. The van der Waals surface area contributed by atoms with Crippen molar-refractivity contribution in [1.82, 2.24) is 30.0 Å². The standard InChI is InChI=1S/C19H19ClF3N7O2S/c1-4-33(3,32)29-15-8-16(25-9-24-15)30-17(26-10-27-30)11(2)28-18(31)12-5-13(19(21,22)23)7-14(20)6-12/h5-11H,4H2,1-3H3,(H,28,31)/t11-,33?/m0/s1. The van der Waals surface area contributed by atoms with Crippen molar-refractivity contribution in [3.05, 3.63) is 58.9 Å². The predicted molar refractivity (Wildman–Crippen MR) is 116 cm³/mol. The molecule has 0 aliphatic heterocycles. The molecular weight excluding hydrogens is 483 g/mol. The number of nitrogens with zero attached hydrogens (tertiary/aromatic N) is 6. The smallest absolute Gasteiger partial charge is 0.342 e. The summed E-state index contributed by atoms with van der Waals surface area (Å²) in [4.78, 5) is 24.8. The zero-order valence-electron chi connectivity index (χ0n) is 17.7. The van der Waals surface area contributed by atoms with E-state index < -0.39 is 33.4 Å². The Morgan fingerprint density at radius 2 is 1.94 bits per heavy atom. The SMILES string of the molecule is CCS(C)(=O)=Nc1cc(-n2ncnc2[C@H](C)NC(=O)c2cc(Cl)cc(C(F)(F)F)c2)ncn1. The second kappa shape index (κ2) is 9.43. The van der Waals surface area contributed by atoms with Gasteiger partial charge in [-0.15, -0.1) is 0 Å². The van der Waals surface area contributed by atoms with Gasteiger partial charge in [0.1, 0.15) is 12.7 Å².